The highest BCUT2D eigenvalue weighted by Crippen LogP contribution is 2.29. The van der Waals surface area contributed by atoms with Crippen molar-refractivity contribution in [2.24, 2.45) is 0 Å². The molecule has 0 radical (unpaired) electrons. The van der Waals surface area contributed by atoms with Gasteiger partial charge in [-0.25, -0.2) is 9.18 Å². The fourth-order valence-corrected chi connectivity index (χ4v) is 3.10. The van der Waals surface area contributed by atoms with Crippen molar-refractivity contribution < 1.29 is 18.7 Å². The standard InChI is InChI=1S/C14H18FN3O3/c1-21-13(20)14(15)6-7-18(8-14)12(19)11-9-4-2-3-5-10(9)16-17-11/h2-8H2,1H3,(H,16,17)/t14-/m0/s1. The van der Waals surface area contributed by atoms with E-state index in [1.54, 1.807) is 0 Å². The summed E-state index contributed by atoms with van der Waals surface area (Å²) in [5.41, 5.74) is 0.226. The number of aromatic nitrogens is 2. The molecule has 0 aromatic carbocycles. The third kappa shape index (κ3) is 2.30. The number of alkyl halides is 1. The molecule has 2 aliphatic rings. The summed E-state index contributed by atoms with van der Waals surface area (Å²) < 4.78 is 18.9. The van der Waals surface area contributed by atoms with E-state index in [4.69, 9.17) is 0 Å². The number of esters is 1. The second kappa shape index (κ2) is 5.13. The van der Waals surface area contributed by atoms with Gasteiger partial charge in [0, 0.05) is 24.2 Å². The van der Waals surface area contributed by atoms with Crippen LogP contribution in [0.4, 0.5) is 4.39 Å². The molecule has 1 aromatic rings. The van der Waals surface area contributed by atoms with Crippen LogP contribution in [0.2, 0.25) is 0 Å². The molecule has 7 heteroatoms. The first kappa shape index (κ1) is 14.0. The van der Waals surface area contributed by atoms with Gasteiger partial charge in [-0.15, -0.1) is 0 Å². The number of amides is 1. The van der Waals surface area contributed by atoms with E-state index < -0.39 is 11.6 Å². The molecule has 0 spiro atoms. The Morgan fingerprint density at radius 1 is 1.38 bits per heavy atom. The van der Waals surface area contributed by atoms with Crippen molar-refractivity contribution in [1.82, 2.24) is 15.1 Å². The highest BCUT2D eigenvalue weighted by atomic mass is 19.1. The number of carbonyl (C=O) groups is 2. The Morgan fingerprint density at radius 3 is 2.90 bits per heavy atom. The van der Waals surface area contributed by atoms with Crippen LogP contribution < -0.4 is 0 Å². The molecular formula is C14H18FN3O3. The summed E-state index contributed by atoms with van der Waals surface area (Å²) in [5.74, 6) is -1.22. The van der Waals surface area contributed by atoms with Crippen molar-refractivity contribution in [3.63, 3.8) is 0 Å². The summed E-state index contributed by atoms with van der Waals surface area (Å²) in [6.07, 6.45) is 3.80. The van der Waals surface area contributed by atoms with Gasteiger partial charge in [-0.3, -0.25) is 9.89 Å². The number of ether oxygens (including phenoxy) is 1. The van der Waals surface area contributed by atoms with Crippen LogP contribution in [0.1, 0.15) is 41.0 Å². The summed E-state index contributed by atoms with van der Waals surface area (Å²) >= 11 is 0. The predicted molar refractivity (Wildman–Crippen MR) is 71.6 cm³/mol. The van der Waals surface area contributed by atoms with Crippen LogP contribution in [-0.2, 0) is 22.4 Å². The number of nitrogens with one attached hydrogen (secondary N) is 1. The number of H-pyrrole nitrogens is 1. The lowest BCUT2D eigenvalue weighted by atomic mass is 9.95. The monoisotopic (exact) mass is 295 g/mol. The number of fused-ring (bicyclic) bond motifs is 1. The third-order valence-corrected chi connectivity index (χ3v) is 4.32. The number of aryl methyl sites for hydroxylation is 1. The van der Waals surface area contributed by atoms with Crippen molar-refractivity contribution in [3.05, 3.63) is 17.0 Å². The van der Waals surface area contributed by atoms with Gasteiger partial charge in [0.15, 0.2) is 5.69 Å². The largest absolute Gasteiger partial charge is 0.467 e. The Hall–Kier alpha value is -1.92. The topological polar surface area (TPSA) is 75.3 Å². The molecular weight excluding hydrogens is 277 g/mol. The number of carbonyl (C=O) groups excluding carboxylic acids is 2. The molecule has 1 saturated heterocycles. The Balaban J connectivity index is 1.78. The number of aromatic amines is 1. The molecule has 1 aromatic heterocycles. The van der Waals surface area contributed by atoms with E-state index >= 15 is 0 Å². The molecule has 2 heterocycles. The van der Waals surface area contributed by atoms with Crippen molar-refractivity contribution in [2.45, 2.75) is 37.8 Å². The van der Waals surface area contributed by atoms with Gasteiger partial charge in [-0.1, -0.05) is 0 Å². The zero-order chi connectivity index (χ0) is 15.0. The maximum absolute atomic E-state index is 14.4. The zero-order valence-corrected chi connectivity index (χ0v) is 11.9. The van der Waals surface area contributed by atoms with Crippen molar-refractivity contribution in [1.29, 1.82) is 0 Å². The first-order valence-electron chi connectivity index (χ1n) is 7.18. The van der Waals surface area contributed by atoms with E-state index in [1.807, 2.05) is 0 Å². The van der Waals surface area contributed by atoms with Crippen LogP contribution in [0.15, 0.2) is 0 Å². The number of likely N-dealkylation sites (tertiary alicyclic amines) is 1. The molecule has 1 atom stereocenters. The van der Waals surface area contributed by atoms with Crippen molar-refractivity contribution in [2.75, 3.05) is 20.2 Å². The molecule has 114 valence electrons. The lowest BCUT2D eigenvalue weighted by Crippen LogP contribution is -2.40. The number of methoxy groups -OCH3 is 1. The van der Waals surface area contributed by atoms with Gasteiger partial charge in [0.25, 0.3) is 5.91 Å². The smallest absolute Gasteiger partial charge is 0.345 e. The average Bonchev–Trinajstić information content (AvgIpc) is 3.10. The third-order valence-electron chi connectivity index (χ3n) is 4.32. The first-order chi connectivity index (χ1) is 10.0. The molecule has 1 aliphatic heterocycles. The second-order valence-corrected chi connectivity index (χ2v) is 5.67. The molecule has 1 aliphatic carbocycles. The van der Waals surface area contributed by atoms with Crippen molar-refractivity contribution >= 4 is 11.9 Å². The van der Waals surface area contributed by atoms with Crippen LogP contribution in [-0.4, -0.2) is 52.8 Å². The summed E-state index contributed by atoms with van der Waals surface area (Å²) in [5, 5.41) is 7.00. The highest BCUT2D eigenvalue weighted by molar-refractivity contribution is 5.95. The SMILES string of the molecule is COC(=O)[C@]1(F)CCN(C(=O)c2n[nH]c3c2CCCC3)C1. The zero-order valence-electron chi connectivity index (χ0n) is 11.9. The Bertz CT molecular complexity index is 586. The average molecular weight is 295 g/mol. The van der Waals surface area contributed by atoms with Gasteiger partial charge in [0.2, 0.25) is 5.67 Å². The Kier molecular flexibility index (Phi) is 3.43. The van der Waals surface area contributed by atoms with E-state index in [1.165, 1.54) is 4.90 Å². The number of halogens is 1. The summed E-state index contributed by atoms with van der Waals surface area (Å²) in [6.45, 7) is -0.0633. The summed E-state index contributed by atoms with van der Waals surface area (Å²) in [6, 6.07) is 0. The van der Waals surface area contributed by atoms with E-state index in [0.717, 1.165) is 44.1 Å². The number of rotatable bonds is 2. The molecule has 0 unspecified atom stereocenters. The minimum Gasteiger partial charge on any atom is -0.467 e. The number of hydrogen-bond acceptors (Lipinski definition) is 4. The molecule has 21 heavy (non-hydrogen) atoms. The molecule has 0 bridgehead atoms. The van der Waals surface area contributed by atoms with Crippen molar-refractivity contribution in [3.8, 4) is 0 Å². The molecule has 3 rings (SSSR count). The fourth-order valence-electron chi connectivity index (χ4n) is 3.10. The summed E-state index contributed by atoms with van der Waals surface area (Å²) in [7, 11) is 1.15. The number of nitrogens with zero attached hydrogens (tertiary/aromatic N) is 2. The second-order valence-electron chi connectivity index (χ2n) is 5.67. The molecule has 6 nitrogen and oxygen atoms in total. The minimum atomic E-state index is -2.10. The van der Waals surface area contributed by atoms with Gasteiger partial charge >= 0.3 is 5.97 Å². The normalized spacial score (nSPS) is 24.8. The maximum Gasteiger partial charge on any atom is 0.345 e. The van der Waals surface area contributed by atoms with Crippen LogP contribution in [0.25, 0.3) is 0 Å². The Morgan fingerprint density at radius 2 is 2.14 bits per heavy atom. The molecule has 1 amide bonds. The van der Waals surface area contributed by atoms with Crippen LogP contribution in [0.3, 0.4) is 0 Å². The van der Waals surface area contributed by atoms with Crippen LogP contribution in [0.5, 0.6) is 0 Å². The molecule has 1 N–H and O–H groups in total. The quantitative estimate of drug-likeness (QED) is 0.826. The molecule has 0 saturated carbocycles. The Labute approximate surface area is 121 Å². The van der Waals surface area contributed by atoms with Gasteiger partial charge < -0.3 is 9.64 Å². The lowest BCUT2D eigenvalue weighted by Gasteiger charge is -2.19. The van der Waals surface area contributed by atoms with E-state index in [-0.39, 0.29) is 25.4 Å². The highest BCUT2D eigenvalue weighted by Gasteiger charge is 2.48. The summed E-state index contributed by atoms with van der Waals surface area (Å²) in [4.78, 5) is 25.3. The lowest BCUT2D eigenvalue weighted by molar-refractivity contribution is -0.153. The first-order valence-corrected chi connectivity index (χ1v) is 7.18. The minimum absolute atomic E-state index is 0.0297. The number of hydrogen-bond donors (Lipinski definition) is 1. The predicted octanol–water partition coefficient (Wildman–Crippen LogP) is 1.02. The van der Waals surface area contributed by atoms with Gasteiger partial charge in [0.1, 0.15) is 0 Å². The van der Waals surface area contributed by atoms with Crippen LogP contribution >= 0.6 is 0 Å². The van der Waals surface area contributed by atoms with Crippen LogP contribution in [0, 0.1) is 0 Å². The fraction of sp³-hybridized carbons (Fsp3) is 0.643. The van der Waals surface area contributed by atoms with Gasteiger partial charge in [-0.2, -0.15) is 5.10 Å². The molecule has 1 fully saturated rings. The van der Waals surface area contributed by atoms with Gasteiger partial charge in [0.05, 0.1) is 13.7 Å². The van der Waals surface area contributed by atoms with Gasteiger partial charge in [-0.05, 0) is 25.7 Å². The van der Waals surface area contributed by atoms with E-state index in [0.29, 0.717) is 5.69 Å². The van der Waals surface area contributed by atoms with E-state index in [2.05, 4.69) is 14.9 Å². The van der Waals surface area contributed by atoms with E-state index in [9.17, 15) is 14.0 Å². The maximum atomic E-state index is 14.4.